The number of nitrogens with two attached hydrogens (primary N) is 1. The minimum Gasteiger partial charge on any atom is -0.330 e. The quantitative estimate of drug-likeness (QED) is 0.917. The minimum atomic E-state index is 0.00875. The number of nitrogens with zero attached hydrogens (tertiary/aromatic N) is 3. The van der Waals surface area contributed by atoms with Crippen LogP contribution in [-0.2, 0) is 7.05 Å². The Balaban J connectivity index is 2.03. The Morgan fingerprint density at radius 2 is 2.14 bits per heavy atom. The summed E-state index contributed by atoms with van der Waals surface area (Å²) in [7, 11) is 1.87. The monoisotopic (exact) mass is 286 g/mol. The van der Waals surface area contributed by atoms with Crippen LogP contribution in [0.3, 0.4) is 0 Å². The van der Waals surface area contributed by atoms with E-state index in [-0.39, 0.29) is 18.0 Å². The van der Waals surface area contributed by atoms with E-state index in [0.29, 0.717) is 12.2 Å². The number of rotatable bonds is 2. The van der Waals surface area contributed by atoms with Crippen molar-refractivity contribution in [2.45, 2.75) is 38.3 Å². The van der Waals surface area contributed by atoms with Crippen molar-refractivity contribution in [1.29, 1.82) is 0 Å². The fraction of sp³-hybridized carbons (Fsp3) is 0.500. The largest absolute Gasteiger partial charge is 0.330 e. The number of aryl methyl sites for hydroxylation is 1. The fourth-order valence-corrected chi connectivity index (χ4v) is 3.38. The molecule has 2 heterocycles. The number of piperidine rings is 1. The second-order valence-electron chi connectivity index (χ2n) is 5.87. The van der Waals surface area contributed by atoms with E-state index in [0.717, 1.165) is 30.2 Å². The first-order valence-electron chi connectivity index (χ1n) is 7.58. The fourth-order valence-electron chi connectivity index (χ4n) is 3.38. The Bertz CT molecular complexity index is 663. The van der Waals surface area contributed by atoms with Crippen LogP contribution >= 0.6 is 0 Å². The zero-order valence-corrected chi connectivity index (χ0v) is 12.6. The van der Waals surface area contributed by atoms with Crippen LogP contribution in [0.15, 0.2) is 24.3 Å². The van der Waals surface area contributed by atoms with Gasteiger partial charge in [0.25, 0.3) is 5.91 Å². The molecular weight excluding hydrogens is 264 g/mol. The van der Waals surface area contributed by atoms with Crippen LogP contribution in [0.4, 0.5) is 0 Å². The van der Waals surface area contributed by atoms with Crippen molar-refractivity contribution >= 4 is 16.8 Å². The molecule has 2 unspecified atom stereocenters. The van der Waals surface area contributed by atoms with Gasteiger partial charge >= 0.3 is 0 Å². The van der Waals surface area contributed by atoms with Gasteiger partial charge in [0.1, 0.15) is 0 Å². The number of benzene rings is 1. The summed E-state index contributed by atoms with van der Waals surface area (Å²) < 4.78 is 1.77. The lowest BCUT2D eigenvalue weighted by atomic mass is 9.95. The van der Waals surface area contributed by atoms with Crippen molar-refractivity contribution in [2.75, 3.05) is 6.54 Å². The molecule has 1 aliphatic rings. The normalized spacial score (nSPS) is 22.7. The zero-order valence-electron chi connectivity index (χ0n) is 12.6. The van der Waals surface area contributed by atoms with Gasteiger partial charge in [0.2, 0.25) is 0 Å². The van der Waals surface area contributed by atoms with E-state index < -0.39 is 0 Å². The highest BCUT2D eigenvalue weighted by Gasteiger charge is 2.33. The minimum absolute atomic E-state index is 0.00875. The van der Waals surface area contributed by atoms with E-state index in [4.69, 9.17) is 5.73 Å². The highest BCUT2D eigenvalue weighted by molar-refractivity contribution is 6.05. The third-order valence-corrected chi connectivity index (χ3v) is 4.49. The summed E-state index contributed by atoms with van der Waals surface area (Å²) in [6.45, 7) is 2.62. The SMILES string of the molecule is CC1CCCC(CN)N1C(=O)c1nn(C)c2ccccc12. The maximum atomic E-state index is 13.0. The maximum absolute atomic E-state index is 13.0. The number of aromatic nitrogens is 2. The van der Waals surface area contributed by atoms with E-state index in [1.807, 2.05) is 36.2 Å². The Hall–Kier alpha value is -1.88. The molecule has 0 bridgehead atoms. The molecule has 112 valence electrons. The van der Waals surface area contributed by atoms with Gasteiger partial charge in [0.05, 0.1) is 5.52 Å². The van der Waals surface area contributed by atoms with Gasteiger partial charge in [0.15, 0.2) is 5.69 Å². The molecule has 1 amide bonds. The molecule has 0 radical (unpaired) electrons. The van der Waals surface area contributed by atoms with Gasteiger partial charge in [-0.15, -0.1) is 0 Å². The summed E-state index contributed by atoms with van der Waals surface area (Å²) >= 11 is 0. The van der Waals surface area contributed by atoms with Crippen molar-refractivity contribution in [3.05, 3.63) is 30.0 Å². The molecule has 5 nitrogen and oxygen atoms in total. The number of carbonyl (C=O) groups is 1. The molecule has 0 aliphatic carbocycles. The Morgan fingerprint density at radius 1 is 1.38 bits per heavy atom. The first kappa shape index (κ1) is 14.1. The summed E-state index contributed by atoms with van der Waals surface area (Å²) in [5.74, 6) is 0.00875. The first-order valence-corrected chi connectivity index (χ1v) is 7.58. The topological polar surface area (TPSA) is 64.2 Å². The second-order valence-corrected chi connectivity index (χ2v) is 5.87. The van der Waals surface area contributed by atoms with Crippen molar-refractivity contribution in [3.8, 4) is 0 Å². The molecule has 2 atom stereocenters. The summed E-state index contributed by atoms with van der Waals surface area (Å²) in [6.07, 6.45) is 3.15. The third-order valence-electron chi connectivity index (χ3n) is 4.49. The maximum Gasteiger partial charge on any atom is 0.275 e. The second kappa shape index (κ2) is 5.48. The lowest BCUT2D eigenvalue weighted by Gasteiger charge is -2.40. The molecule has 0 spiro atoms. The Morgan fingerprint density at radius 3 is 2.90 bits per heavy atom. The lowest BCUT2D eigenvalue weighted by molar-refractivity contribution is 0.0489. The molecule has 2 aromatic rings. The molecule has 3 rings (SSSR count). The molecule has 1 aliphatic heterocycles. The lowest BCUT2D eigenvalue weighted by Crippen LogP contribution is -2.52. The van der Waals surface area contributed by atoms with Gasteiger partial charge in [-0.1, -0.05) is 18.2 Å². The number of hydrogen-bond acceptors (Lipinski definition) is 3. The van der Waals surface area contributed by atoms with Crippen LogP contribution in [0.1, 0.15) is 36.7 Å². The predicted octanol–water partition coefficient (Wildman–Crippen LogP) is 1.92. The molecular formula is C16H22N4O. The van der Waals surface area contributed by atoms with Crippen molar-refractivity contribution < 1.29 is 4.79 Å². The van der Waals surface area contributed by atoms with Crippen LogP contribution < -0.4 is 5.73 Å². The van der Waals surface area contributed by atoms with Gasteiger partial charge < -0.3 is 10.6 Å². The highest BCUT2D eigenvalue weighted by Crippen LogP contribution is 2.26. The summed E-state index contributed by atoms with van der Waals surface area (Å²) in [6, 6.07) is 8.20. The van der Waals surface area contributed by atoms with Gasteiger partial charge in [-0.3, -0.25) is 9.48 Å². The van der Waals surface area contributed by atoms with E-state index in [2.05, 4.69) is 12.0 Å². The molecule has 1 saturated heterocycles. The Kier molecular flexibility index (Phi) is 3.68. The van der Waals surface area contributed by atoms with Gasteiger partial charge in [0, 0.05) is 31.1 Å². The molecule has 0 saturated carbocycles. The van der Waals surface area contributed by atoms with Gasteiger partial charge in [-0.25, -0.2) is 0 Å². The summed E-state index contributed by atoms with van der Waals surface area (Å²) in [5, 5.41) is 5.37. The van der Waals surface area contributed by atoms with Gasteiger partial charge in [-0.05, 0) is 32.3 Å². The number of para-hydroxylation sites is 1. The number of amides is 1. The number of hydrogen-bond donors (Lipinski definition) is 1. The average molecular weight is 286 g/mol. The van der Waals surface area contributed by atoms with E-state index in [9.17, 15) is 4.79 Å². The summed E-state index contributed by atoms with van der Waals surface area (Å²) in [5.41, 5.74) is 7.39. The summed E-state index contributed by atoms with van der Waals surface area (Å²) in [4.78, 5) is 14.9. The van der Waals surface area contributed by atoms with Crippen LogP contribution in [0.2, 0.25) is 0 Å². The van der Waals surface area contributed by atoms with Crippen LogP contribution in [0.5, 0.6) is 0 Å². The van der Waals surface area contributed by atoms with E-state index in [1.54, 1.807) is 4.68 Å². The van der Waals surface area contributed by atoms with Crippen LogP contribution in [0.25, 0.3) is 10.9 Å². The van der Waals surface area contributed by atoms with E-state index in [1.165, 1.54) is 0 Å². The standard InChI is InChI=1S/C16H22N4O/c1-11-6-5-7-12(10-17)20(11)16(21)15-13-8-3-4-9-14(13)19(2)18-15/h3-4,8-9,11-12H,5-7,10,17H2,1-2H3. The number of likely N-dealkylation sites (tertiary alicyclic amines) is 1. The predicted molar refractivity (Wildman–Crippen MR) is 83.0 cm³/mol. The van der Waals surface area contributed by atoms with E-state index >= 15 is 0 Å². The smallest absolute Gasteiger partial charge is 0.275 e. The molecule has 1 aromatic heterocycles. The van der Waals surface area contributed by atoms with Crippen molar-refractivity contribution in [2.24, 2.45) is 12.8 Å². The molecule has 2 N–H and O–H groups in total. The molecule has 1 aromatic carbocycles. The first-order chi connectivity index (χ1) is 10.1. The van der Waals surface area contributed by atoms with Crippen LogP contribution in [0, 0.1) is 0 Å². The zero-order chi connectivity index (χ0) is 15.0. The van der Waals surface area contributed by atoms with Gasteiger partial charge in [-0.2, -0.15) is 5.10 Å². The number of carbonyl (C=O) groups excluding carboxylic acids is 1. The average Bonchev–Trinajstić information content (AvgIpc) is 2.84. The third kappa shape index (κ3) is 2.31. The molecule has 5 heteroatoms. The van der Waals surface area contributed by atoms with Crippen LogP contribution in [-0.4, -0.2) is 39.2 Å². The number of fused-ring (bicyclic) bond motifs is 1. The highest BCUT2D eigenvalue weighted by atomic mass is 16.2. The van der Waals surface area contributed by atoms with Crippen molar-refractivity contribution in [1.82, 2.24) is 14.7 Å². The van der Waals surface area contributed by atoms with Crippen molar-refractivity contribution in [3.63, 3.8) is 0 Å². The molecule has 21 heavy (non-hydrogen) atoms. The molecule has 1 fully saturated rings. The Labute approximate surface area is 124 Å².